The smallest absolute Gasteiger partial charge is 0.167 e. The van der Waals surface area contributed by atoms with Crippen LogP contribution in [0.1, 0.15) is 46.6 Å². The SMILES string of the molecule is Cc1cccc(C(=O)Cc2cccc(-c3nc4c(c(N5CC(C)OC(C)C5)n3)CC=C4)c2)c1. The molecule has 1 aliphatic heterocycles. The predicted octanol–water partition coefficient (Wildman–Crippen LogP) is 5.06. The zero-order chi connectivity index (χ0) is 22.9. The molecule has 2 atom stereocenters. The Morgan fingerprint density at radius 2 is 1.85 bits per heavy atom. The number of aryl methyl sites for hydroxylation is 1. The molecule has 1 fully saturated rings. The number of ether oxygens (including phenoxy) is 1. The van der Waals surface area contributed by atoms with Gasteiger partial charge in [0.15, 0.2) is 11.6 Å². The Hall–Kier alpha value is -3.31. The Bertz CT molecular complexity index is 1220. The van der Waals surface area contributed by atoms with Gasteiger partial charge in [-0.3, -0.25) is 4.79 Å². The Balaban J connectivity index is 1.46. The van der Waals surface area contributed by atoms with Gasteiger partial charge in [-0.2, -0.15) is 0 Å². The lowest BCUT2D eigenvalue weighted by molar-refractivity contribution is -0.00550. The molecule has 2 heterocycles. The number of fused-ring (bicyclic) bond motifs is 1. The van der Waals surface area contributed by atoms with Crippen LogP contribution < -0.4 is 4.90 Å². The van der Waals surface area contributed by atoms with Crippen molar-refractivity contribution >= 4 is 17.7 Å². The second kappa shape index (κ2) is 8.91. The minimum absolute atomic E-state index is 0.116. The summed E-state index contributed by atoms with van der Waals surface area (Å²) in [7, 11) is 0. The topological polar surface area (TPSA) is 55.3 Å². The Morgan fingerprint density at radius 1 is 1.06 bits per heavy atom. The zero-order valence-corrected chi connectivity index (χ0v) is 19.4. The number of carbonyl (C=O) groups is 1. The summed E-state index contributed by atoms with van der Waals surface area (Å²) in [6.07, 6.45) is 5.77. The van der Waals surface area contributed by atoms with Crippen LogP contribution in [0.2, 0.25) is 0 Å². The van der Waals surface area contributed by atoms with Gasteiger partial charge in [-0.25, -0.2) is 9.97 Å². The van der Waals surface area contributed by atoms with E-state index in [1.165, 1.54) is 5.56 Å². The van der Waals surface area contributed by atoms with Gasteiger partial charge >= 0.3 is 0 Å². The van der Waals surface area contributed by atoms with Crippen molar-refractivity contribution in [1.29, 1.82) is 0 Å². The third-order valence-electron chi connectivity index (χ3n) is 6.22. The van der Waals surface area contributed by atoms with Crippen LogP contribution in [0.15, 0.2) is 54.6 Å². The number of rotatable bonds is 5. The van der Waals surface area contributed by atoms with E-state index in [1.54, 1.807) is 0 Å². The van der Waals surface area contributed by atoms with Crippen LogP contribution in [0, 0.1) is 6.92 Å². The lowest BCUT2D eigenvalue weighted by Gasteiger charge is -2.37. The summed E-state index contributed by atoms with van der Waals surface area (Å²) in [4.78, 5) is 25.1. The maximum Gasteiger partial charge on any atom is 0.167 e. The molecule has 1 saturated heterocycles. The summed E-state index contributed by atoms with van der Waals surface area (Å²) in [6.45, 7) is 7.86. The first-order valence-electron chi connectivity index (χ1n) is 11.6. The molecule has 0 spiro atoms. The number of morpholine rings is 1. The molecule has 5 nitrogen and oxygen atoms in total. The first-order chi connectivity index (χ1) is 16.0. The minimum atomic E-state index is 0.116. The molecule has 2 aliphatic rings. The van der Waals surface area contributed by atoms with Gasteiger partial charge in [0, 0.05) is 36.2 Å². The lowest BCUT2D eigenvalue weighted by Crippen LogP contribution is -2.46. The van der Waals surface area contributed by atoms with Gasteiger partial charge in [-0.05, 0) is 51.0 Å². The van der Waals surface area contributed by atoms with Crippen molar-refractivity contribution < 1.29 is 9.53 Å². The Labute approximate surface area is 195 Å². The van der Waals surface area contributed by atoms with E-state index in [0.29, 0.717) is 12.2 Å². The fourth-order valence-electron chi connectivity index (χ4n) is 4.78. The quantitative estimate of drug-likeness (QED) is 0.520. The highest BCUT2D eigenvalue weighted by Gasteiger charge is 2.27. The normalized spacial score (nSPS) is 19.5. The average Bonchev–Trinajstić information content (AvgIpc) is 3.27. The van der Waals surface area contributed by atoms with Gasteiger partial charge in [0.2, 0.25) is 0 Å². The summed E-state index contributed by atoms with van der Waals surface area (Å²) in [5.74, 6) is 1.82. The largest absolute Gasteiger partial charge is 0.372 e. The van der Waals surface area contributed by atoms with Gasteiger partial charge in [0.05, 0.1) is 17.9 Å². The Morgan fingerprint density at radius 3 is 2.64 bits per heavy atom. The Kier molecular flexibility index (Phi) is 5.81. The van der Waals surface area contributed by atoms with Crippen LogP contribution in [-0.4, -0.2) is 41.0 Å². The number of ketones is 1. The molecule has 2 unspecified atom stereocenters. The first kappa shape index (κ1) is 21.5. The highest BCUT2D eigenvalue weighted by Crippen LogP contribution is 2.32. The van der Waals surface area contributed by atoms with E-state index >= 15 is 0 Å². The molecule has 1 aliphatic carbocycles. The van der Waals surface area contributed by atoms with Crippen molar-refractivity contribution in [2.24, 2.45) is 0 Å². The highest BCUT2D eigenvalue weighted by molar-refractivity contribution is 5.97. The summed E-state index contributed by atoms with van der Waals surface area (Å²) >= 11 is 0. The van der Waals surface area contributed by atoms with Crippen molar-refractivity contribution in [3.05, 3.63) is 82.6 Å². The van der Waals surface area contributed by atoms with Gasteiger partial charge in [0.25, 0.3) is 0 Å². The van der Waals surface area contributed by atoms with Gasteiger partial charge < -0.3 is 9.64 Å². The average molecular weight is 440 g/mol. The number of benzene rings is 2. The van der Waals surface area contributed by atoms with Crippen LogP contribution in [0.25, 0.3) is 17.5 Å². The van der Waals surface area contributed by atoms with Crippen molar-refractivity contribution in [1.82, 2.24) is 9.97 Å². The number of carbonyl (C=O) groups excluding carboxylic acids is 1. The van der Waals surface area contributed by atoms with E-state index in [0.717, 1.165) is 53.3 Å². The minimum Gasteiger partial charge on any atom is -0.372 e. The number of hydrogen-bond donors (Lipinski definition) is 0. The molecular weight excluding hydrogens is 410 g/mol. The van der Waals surface area contributed by atoms with Crippen LogP contribution in [0.4, 0.5) is 5.82 Å². The van der Waals surface area contributed by atoms with Gasteiger partial charge in [0.1, 0.15) is 5.82 Å². The fraction of sp³-hybridized carbons (Fsp3) is 0.321. The second-order valence-corrected chi connectivity index (χ2v) is 9.17. The third-order valence-corrected chi connectivity index (χ3v) is 6.22. The molecule has 0 radical (unpaired) electrons. The van der Waals surface area contributed by atoms with E-state index < -0.39 is 0 Å². The van der Waals surface area contributed by atoms with Gasteiger partial charge in [-0.15, -0.1) is 0 Å². The molecule has 5 heteroatoms. The molecular formula is C28H29N3O2. The molecule has 1 aromatic heterocycles. The van der Waals surface area contributed by atoms with Gasteiger partial charge in [-0.1, -0.05) is 48.0 Å². The maximum atomic E-state index is 12.8. The van der Waals surface area contributed by atoms with Crippen LogP contribution in [0.5, 0.6) is 0 Å². The van der Waals surface area contributed by atoms with E-state index in [2.05, 4.69) is 30.9 Å². The molecule has 0 saturated carbocycles. The fourth-order valence-corrected chi connectivity index (χ4v) is 4.78. The molecule has 0 N–H and O–H groups in total. The lowest BCUT2D eigenvalue weighted by atomic mass is 10.00. The van der Waals surface area contributed by atoms with E-state index in [1.807, 2.05) is 55.5 Å². The van der Waals surface area contributed by atoms with Crippen LogP contribution in [-0.2, 0) is 17.6 Å². The standard InChI is InChI=1S/C28H29N3O2/c1-18-7-4-9-22(13-18)26(32)15-21-8-5-10-23(14-21)27-29-25-12-6-11-24(25)28(30-27)31-16-19(2)33-20(3)17-31/h4-10,12-14,19-20H,11,15-17H2,1-3H3. The molecule has 2 aromatic carbocycles. The number of nitrogens with zero attached hydrogens (tertiary/aromatic N) is 3. The molecule has 0 amide bonds. The summed E-state index contributed by atoms with van der Waals surface area (Å²) in [6, 6.07) is 15.8. The zero-order valence-electron chi connectivity index (χ0n) is 19.4. The van der Waals surface area contributed by atoms with Crippen molar-refractivity contribution in [2.75, 3.05) is 18.0 Å². The monoisotopic (exact) mass is 439 g/mol. The van der Waals surface area contributed by atoms with E-state index in [-0.39, 0.29) is 18.0 Å². The summed E-state index contributed by atoms with van der Waals surface area (Å²) in [5.41, 5.74) is 5.91. The van der Waals surface area contributed by atoms with E-state index in [9.17, 15) is 4.79 Å². The van der Waals surface area contributed by atoms with Crippen LogP contribution >= 0.6 is 0 Å². The number of anilines is 1. The molecule has 3 aromatic rings. The molecule has 33 heavy (non-hydrogen) atoms. The highest BCUT2D eigenvalue weighted by atomic mass is 16.5. The van der Waals surface area contributed by atoms with Crippen LogP contribution in [0.3, 0.4) is 0 Å². The number of hydrogen-bond acceptors (Lipinski definition) is 5. The number of Topliss-reactive ketones (excluding diaryl/α,β-unsaturated/α-hetero) is 1. The molecule has 0 bridgehead atoms. The molecule has 168 valence electrons. The van der Waals surface area contributed by atoms with Crippen molar-refractivity contribution in [3.63, 3.8) is 0 Å². The second-order valence-electron chi connectivity index (χ2n) is 9.17. The predicted molar refractivity (Wildman–Crippen MR) is 132 cm³/mol. The molecule has 5 rings (SSSR count). The number of aromatic nitrogens is 2. The van der Waals surface area contributed by atoms with Crippen molar-refractivity contribution in [2.45, 2.75) is 45.8 Å². The third kappa shape index (κ3) is 4.60. The van der Waals surface area contributed by atoms with E-state index in [4.69, 9.17) is 14.7 Å². The summed E-state index contributed by atoms with van der Waals surface area (Å²) < 4.78 is 5.94. The first-order valence-corrected chi connectivity index (χ1v) is 11.6. The summed E-state index contributed by atoms with van der Waals surface area (Å²) in [5, 5.41) is 0. The maximum absolute atomic E-state index is 12.8. The number of allylic oxidation sites excluding steroid dienone is 1. The van der Waals surface area contributed by atoms with Crippen molar-refractivity contribution in [3.8, 4) is 11.4 Å².